The number of carbonyl (C=O) groups is 1. The molecular weight excluding hydrogens is 204 g/mol. The topological polar surface area (TPSA) is 35.5 Å². The fourth-order valence-corrected chi connectivity index (χ4v) is 2.00. The third-order valence-corrected chi connectivity index (χ3v) is 2.93. The largest absolute Gasteiger partial charge is 0.466 e. The van der Waals surface area contributed by atoms with E-state index in [9.17, 15) is 4.79 Å². The Hall–Kier alpha value is -1.35. The van der Waals surface area contributed by atoms with E-state index in [1.165, 1.54) is 0 Å². The molecule has 0 spiro atoms. The van der Waals surface area contributed by atoms with Crippen LogP contribution in [0.5, 0.6) is 0 Å². The molecule has 1 aromatic carbocycles. The minimum atomic E-state index is -0.159. The van der Waals surface area contributed by atoms with Crippen molar-refractivity contribution in [1.29, 1.82) is 0 Å². The lowest BCUT2D eigenvalue weighted by molar-refractivity contribution is -0.151. The van der Waals surface area contributed by atoms with Gasteiger partial charge in [0, 0.05) is 0 Å². The second-order valence-electron chi connectivity index (χ2n) is 4.12. The number of hydrogen-bond acceptors (Lipinski definition) is 3. The van der Waals surface area contributed by atoms with Crippen molar-refractivity contribution in [3.8, 4) is 0 Å². The molecule has 0 radical (unpaired) electrons. The maximum absolute atomic E-state index is 11.5. The lowest BCUT2D eigenvalue weighted by Crippen LogP contribution is -2.48. The molecule has 0 saturated carbocycles. The smallest absolute Gasteiger partial charge is 0.306 e. The van der Waals surface area contributed by atoms with E-state index in [0.717, 1.165) is 5.56 Å². The van der Waals surface area contributed by atoms with E-state index in [0.29, 0.717) is 26.2 Å². The molecule has 1 aromatic rings. The van der Waals surface area contributed by atoms with Gasteiger partial charge in [0.05, 0.1) is 31.7 Å². The Kier molecular flexibility index (Phi) is 3.25. The summed E-state index contributed by atoms with van der Waals surface area (Å²) < 4.78 is 10.3. The van der Waals surface area contributed by atoms with Crippen molar-refractivity contribution in [3.05, 3.63) is 35.9 Å². The van der Waals surface area contributed by atoms with Crippen molar-refractivity contribution in [3.63, 3.8) is 0 Å². The highest BCUT2D eigenvalue weighted by molar-refractivity contribution is 5.71. The Balaban J connectivity index is 2.11. The molecule has 1 heterocycles. The first-order valence-electron chi connectivity index (χ1n) is 5.56. The molecule has 0 unspecified atom stereocenters. The molecule has 0 bridgehead atoms. The maximum Gasteiger partial charge on any atom is 0.306 e. The van der Waals surface area contributed by atoms with Crippen LogP contribution in [0.25, 0.3) is 0 Å². The predicted octanol–water partition coefficient (Wildman–Crippen LogP) is 1.91. The van der Waals surface area contributed by atoms with Crippen LogP contribution in [0.15, 0.2) is 30.3 Å². The van der Waals surface area contributed by atoms with E-state index in [-0.39, 0.29) is 11.4 Å². The molecular formula is C13H16O3. The van der Waals surface area contributed by atoms with Crippen LogP contribution in [0, 0.1) is 0 Å². The van der Waals surface area contributed by atoms with Gasteiger partial charge in [-0.2, -0.15) is 0 Å². The van der Waals surface area contributed by atoms with Gasteiger partial charge in [0.15, 0.2) is 0 Å². The number of rotatable bonds is 4. The molecule has 1 saturated heterocycles. The lowest BCUT2D eigenvalue weighted by Gasteiger charge is -2.41. The van der Waals surface area contributed by atoms with Crippen molar-refractivity contribution >= 4 is 5.97 Å². The minimum Gasteiger partial charge on any atom is -0.466 e. The van der Waals surface area contributed by atoms with Gasteiger partial charge in [0.1, 0.15) is 0 Å². The molecule has 1 aliphatic rings. The van der Waals surface area contributed by atoms with Gasteiger partial charge in [0.2, 0.25) is 0 Å². The highest BCUT2D eigenvalue weighted by Gasteiger charge is 2.42. The van der Waals surface area contributed by atoms with Crippen molar-refractivity contribution in [2.45, 2.75) is 18.8 Å². The molecule has 0 aliphatic carbocycles. The van der Waals surface area contributed by atoms with Crippen molar-refractivity contribution in [2.75, 3.05) is 19.8 Å². The SMILES string of the molecule is CCOC(=O)CC1(c2ccccc2)COC1. The molecule has 1 fully saturated rings. The van der Waals surface area contributed by atoms with Gasteiger partial charge >= 0.3 is 5.97 Å². The van der Waals surface area contributed by atoms with Crippen molar-refractivity contribution in [1.82, 2.24) is 0 Å². The molecule has 2 rings (SSSR count). The van der Waals surface area contributed by atoms with E-state index < -0.39 is 0 Å². The number of ether oxygens (including phenoxy) is 2. The number of carbonyl (C=O) groups excluding carboxylic acids is 1. The average molecular weight is 220 g/mol. The third kappa shape index (κ3) is 2.09. The Morgan fingerprint density at radius 1 is 1.38 bits per heavy atom. The first-order chi connectivity index (χ1) is 7.77. The molecule has 0 N–H and O–H groups in total. The van der Waals surface area contributed by atoms with Crippen molar-refractivity contribution in [2.24, 2.45) is 0 Å². The number of esters is 1. The summed E-state index contributed by atoms with van der Waals surface area (Å²) in [5.41, 5.74) is 1.00. The Bertz CT molecular complexity index is 355. The zero-order chi connectivity index (χ0) is 11.4. The normalized spacial score (nSPS) is 17.6. The fourth-order valence-electron chi connectivity index (χ4n) is 2.00. The summed E-state index contributed by atoms with van der Waals surface area (Å²) in [5.74, 6) is -0.144. The molecule has 0 aromatic heterocycles. The molecule has 3 heteroatoms. The summed E-state index contributed by atoms with van der Waals surface area (Å²) in [4.78, 5) is 11.5. The summed E-state index contributed by atoms with van der Waals surface area (Å²) in [6.07, 6.45) is 0.408. The van der Waals surface area contributed by atoms with Crippen LogP contribution in [0.3, 0.4) is 0 Å². The van der Waals surface area contributed by atoms with Crippen LogP contribution in [0.4, 0.5) is 0 Å². The molecule has 1 aliphatic heterocycles. The highest BCUT2D eigenvalue weighted by Crippen LogP contribution is 2.35. The Morgan fingerprint density at radius 3 is 2.56 bits per heavy atom. The highest BCUT2D eigenvalue weighted by atomic mass is 16.5. The van der Waals surface area contributed by atoms with E-state index in [2.05, 4.69) is 0 Å². The summed E-state index contributed by atoms with van der Waals surface area (Å²) in [6, 6.07) is 10.0. The average Bonchev–Trinajstić information content (AvgIpc) is 2.25. The summed E-state index contributed by atoms with van der Waals surface area (Å²) in [7, 11) is 0. The second-order valence-corrected chi connectivity index (χ2v) is 4.12. The zero-order valence-corrected chi connectivity index (χ0v) is 9.44. The van der Waals surface area contributed by atoms with Crippen LogP contribution in [-0.4, -0.2) is 25.8 Å². The molecule has 0 atom stereocenters. The quantitative estimate of drug-likeness (QED) is 0.727. The van der Waals surface area contributed by atoms with E-state index >= 15 is 0 Å². The maximum atomic E-state index is 11.5. The Labute approximate surface area is 95.4 Å². The summed E-state index contributed by atoms with van der Waals surface area (Å²) in [5, 5.41) is 0. The van der Waals surface area contributed by atoms with E-state index in [1.54, 1.807) is 0 Å². The van der Waals surface area contributed by atoms with Crippen LogP contribution in [-0.2, 0) is 19.7 Å². The molecule has 3 nitrogen and oxygen atoms in total. The van der Waals surface area contributed by atoms with Crippen molar-refractivity contribution < 1.29 is 14.3 Å². The first-order valence-corrected chi connectivity index (χ1v) is 5.56. The fraction of sp³-hybridized carbons (Fsp3) is 0.462. The van der Waals surface area contributed by atoms with Gasteiger partial charge in [-0.25, -0.2) is 0 Å². The Morgan fingerprint density at radius 2 is 2.06 bits per heavy atom. The van der Waals surface area contributed by atoms with Gasteiger partial charge in [-0.15, -0.1) is 0 Å². The van der Waals surface area contributed by atoms with Crippen LogP contribution >= 0.6 is 0 Å². The van der Waals surface area contributed by atoms with Crippen LogP contribution < -0.4 is 0 Å². The lowest BCUT2D eigenvalue weighted by atomic mass is 9.76. The number of benzene rings is 1. The van der Waals surface area contributed by atoms with E-state index in [1.807, 2.05) is 37.3 Å². The van der Waals surface area contributed by atoms with Crippen LogP contribution in [0.1, 0.15) is 18.9 Å². The van der Waals surface area contributed by atoms with Gasteiger partial charge < -0.3 is 9.47 Å². The van der Waals surface area contributed by atoms with Crippen LogP contribution in [0.2, 0.25) is 0 Å². The standard InChI is InChI=1S/C13H16O3/c1-2-16-12(14)8-13(9-15-10-13)11-6-4-3-5-7-11/h3-7H,2,8-10H2,1H3. The molecule has 0 amide bonds. The van der Waals surface area contributed by atoms with Gasteiger partial charge in [0.25, 0.3) is 0 Å². The predicted molar refractivity (Wildman–Crippen MR) is 60.2 cm³/mol. The van der Waals surface area contributed by atoms with Gasteiger partial charge in [-0.05, 0) is 12.5 Å². The second kappa shape index (κ2) is 4.66. The molecule has 16 heavy (non-hydrogen) atoms. The molecule has 86 valence electrons. The monoisotopic (exact) mass is 220 g/mol. The zero-order valence-electron chi connectivity index (χ0n) is 9.44. The van der Waals surface area contributed by atoms with Gasteiger partial charge in [-0.1, -0.05) is 30.3 Å². The first kappa shape index (κ1) is 11.1. The summed E-state index contributed by atoms with van der Waals surface area (Å²) >= 11 is 0. The van der Waals surface area contributed by atoms with E-state index in [4.69, 9.17) is 9.47 Å². The van der Waals surface area contributed by atoms with Gasteiger partial charge in [-0.3, -0.25) is 4.79 Å². The number of hydrogen-bond donors (Lipinski definition) is 0. The minimum absolute atomic E-state index is 0.144. The summed E-state index contributed by atoms with van der Waals surface area (Å²) in [6.45, 7) is 3.47. The third-order valence-electron chi connectivity index (χ3n) is 2.93.